The van der Waals surface area contributed by atoms with Gasteiger partial charge in [0.15, 0.2) is 0 Å². The normalized spacial score (nSPS) is 11.0. The molecule has 0 unspecified atom stereocenters. The highest BCUT2D eigenvalue weighted by molar-refractivity contribution is 7.98. The van der Waals surface area contributed by atoms with Gasteiger partial charge in [-0.2, -0.15) is 9.97 Å². The number of nitrogens with zero attached hydrogens (tertiary/aromatic N) is 2. The average molecular weight is 333 g/mol. The predicted molar refractivity (Wildman–Crippen MR) is 91.8 cm³/mol. The quantitative estimate of drug-likeness (QED) is 0.385. The summed E-state index contributed by atoms with van der Waals surface area (Å²) in [5, 5.41) is 6.97. The van der Waals surface area contributed by atoms with Crippen molar-refractivity contribution in [1.29, 1.82) is 0 Å². The molecule has 120 valence electrons. The van der Waals surface area contributed by atoms with E-state index in [-0.39, 0.29) is 6.10 Å². The number of halogens is 1. The van der Waals surface area contributed by atoms with E-state index in [0.29, 0.717) is 11.1 Å². The first-order valence-electron chi connectivity index (χ1n) is 7.29. The van der Waals surface area contributed by atoms with Gasteiger partial charge in [-0.15, -0.1) is 11.8 Å². The number of hydrogen-bond donors (Lipinski definition) is 2. The van der Waals surface area contributed by atoms with E-state index >= 15 is 0 Å². The van der Waals surface area contributed by atoms with Crippen LogP contribution in [-0.2, 0) is 4.74 Å². The lowest BCUT2D eigenvalue weighted by atomic mass is 10.4. The molecule has 0 saturated heterocycles. The van der Waals surface area contributed by atoms with Crippen molar-refractivity contribution in [3.8, 4) is 0 Å². The van der Waals surface area contributed by atoms with Gasteiger partial charge in [-0.05, 0) is 32.9 Å². The van der Waals surface area contributed by atoms with E-state index in [0.717, 1.165) is 43.3 Å². The van der Waals surface area contributed by atoms with Gasteiger partial charge in [0, 0.05) is 19.7 Å². The van der Waals surface area contributed by atoms with Gasteiger partial charge < -0.3 is 15.4 Å². The van der Waals surface area contributed by atoms with Crippen molar-refractivity contribution in [3.05, 3.63) is 5.15 Å². The Morgan fingerprint density at radius 3 is 2.62 bits per heavy atom. The van der Waals surface area contributed by atoms with Gasteiger partial charge in [-0.1, -0.05) is 18.5 Å². The topological polar surface area (TPSA) is 59.1 Å². The van der Waals surface area contributed by atoms with Crippen LogP contribution in [0.25, 0.3) is 0 Å². The highest BCUT2D eigenvalue weighted by atomic mass is 35.5. The van der Waals surface area contributed by atoms with Crippen LogP contribution in [0.5, 0.6) is 0 Å². The number of aromatic nitrogens is 2. The van der Waals surface area contributed by atoms with Crippen molar-refractivity contribution in [2.45, 2.75) is 44.6 Å². The van der Waals surface area contributed by atoms with Gasteiger partial charge >= 0.3 is 0 Å². The summed E-state index contributed by atoms with van der Waals surface area (Å²) in [5.74, 6) is 1.35. The number of anilines is 2. The monoisotopic (exact) mass is 332 g/mol. The minimum absolute atomic E-state index is 0.265. The molecule has 21 heavy (non-hydrogen) atoms. The molecule has 7 heteroatoms. The van der Waals surface area contributed by atoms with Crippen LogP contribution in [0.15, 0.2) is 4.90 Å². The first-order valence-corrected chi connectivity index (χ1v) is 8.89. The Balaban J connectivity index is 2.59. The molecule has 0 aliphatic rings. The Bertz CT molecular complexity index is 432. The lowest BCUT2D eigenvalue weighted by Crippen LogP contribution is -2.12. The van der Waals surface area contributed by atoms with Crippen LogP contribution in [0.2, 0.25) is 5.15 Å². The van der Waals surface area contributed by atoms with E-state index in [1.807, 2.05) is 20.1 Å². The molecule has 0 aliphatic carbocycles. The zero-order valence-electron chi connectivity index (χ0n) is 13.2. The van der Waals surface area contributed by atoms with E-state index in [2.05, 4.69) is 27.5 Å². The molecule has 0 aromatic carbocycles. The number of ether oxygens (including phenoxy) is 1. The molecule has 0 amide bonds. The van der Waals surface area contributed by atoms with Crippen molar-refractivity contribution in [3.63, 3.8) is 0 Å². The molecule has 0 spiro atoms. The number of hydrogen-bond acceptors (Lipinski definition) is 6. The largest absolute Gasteiger partial charge is 0.379 e. The minimum atomic E-state index is 0.265. The second kappa shape index (κ2) is 10.1. The molecular weight excluding hydrogens is 308 g/mol. The lowest BCUT2D eigenvalue weighted by Gasteiger charge is -2.13. The van der Waals surface area contributed by atoms with E-state index in [1.165, 1.54) is 0 Å². The molecule has 0 radical (unpaired) electrons. The summed E-state index contributed by atoms with van der Waals surface area (Å²) in [7, 11) is 0. The van der Waals surface area contributed by atoms with Crippen molar-refractivity contribution >= 4 is 35.1 Å². The zero-order chi connectivity index (χ0) is 15.7. The molecule has 0 aliphatic heterocycles. The molecule has 0 bridgehead atoms. The predicted octanol–water partition coefficient (Wildman–Crippen LogP) is 3.90. The highest BCUT2D eigenvalue weighted by Crippen LogP contribution is 2.31. The molecule has 1 heterocycles. The fraction of sp³-hybridized carbons (Fsp3) is 0.714. The maximum atomic E-state index is 6.22. The summed E-state index contributed by atoms with van der Waals surface area (Å²) in [6, 6.07) is 0. The Kier molecular flexibility index (Phi) is 8.80. The van der Waals surface area contributed by atoms with Crippen LogP contribution in [0.3, 0.4) is 0 Å². The van der Waals surface area contributed by atoms with E-state index in [9.17, 15) is 0 Å². The zero-order valence-corrected chi connectivity index (χ0v) is 14.8. The molecular formula is C14H25ClN4OS. The van der Waals surface area contributed by atoms with Crippen LogP contribution in [-0.4, -0.2) is 42.0 Å². The van der Waals surface area contributed by atoms with Gasteiger partial charge in [0.1, 0.15) is 11.0 Å². The van der Waals surface area contributed by atoms with Crippen molar-refractivity contribution < 1.29 is 4.74 Å². The highest BCUT2D eigenvalue weighted by Gasteiger charge is 2.11. The second-order valence-corrected chi connectivity index (χ2v) is 6.02. The Hall–Kier alpha value is -0.720. The van der Waals surface area contributed by atoms with Crippen LogP contribution in [0.4, 0.5) is 11.8 Å². The third kappa shape index (κ3) is 6.72. The molecule has 0 saturated carbocycles. The lowest BCUT2D eigenvalue weighted by molar-refractivity contribution is 0.0787. The minimum Gasteiger partial charge on any atom is -0.379 e. The van der Waals surface area contributed by atoms with Crippen LogP contribution < -0.4 is 10.6 Å². The first kappa shape index (κ1) is 18.3. The van der Waals surface area contributed by atoms with Crippen LogP contribution in [0, 0.1) is 0 Å². The first-order chi connectivity index (χ1) is 10.1. The maximum absolute atomic E-state index is 6.22. The SMILES string of the molecule is CCCNc1nc(NCCCOC(C)C)nc(Cl)c1SC. The third-order valence-electron chi connectivity index (χ3n) is 2.63. The molecule has 5 nitrogen and oxygen atoms in total. The molecule has 0 fully saturated rings. The summed E-state index contributed by atoms with van der Waals surface area (Å²) in [5.41, 5.74) is 0. The molecule has 0 atom stereocenters. The van der Waals surface area contributed by atoms with E-state index in [4.69, 9.17) is 16.3 Å². The number of rotatable bonds is 10. The fourth-order valence-electron chi connectivity index (χ4n) is 1.64. The molecule has 1 rings (SSSR count). The smallest absolute Gasteiger partial charge is 0.226 e. The van der Waals surface area contributed by atoms with Crippen LogP contribution in [0.1, 0.15) is 33.6 Å². The molecule has 2 N–H and O–H groups in total. The van der Waals surface area contributed by atoms with Crippen LogP contribution >= 0.6 is 23.4 Å². The fourth-order valence-corrected chi connectivity index (χ4v) is 2.56. The average Bonchev–Trinajstić information content (AvgIpc) is 2.44. The third-order valence-corrected chi connectivity index (χ3v) is 3.81. The summed E-state index contributed by atoms with van der Waals surface area (Å²) in [6.45, 7) is 8.52. The van der Waals surface area contributed by atoms with Crippen molar-refractivity contribution in [2.24, 2.45) is 0 Å². The summed E-state index contributed by atoms with van der Waals surface area (Å²) in [6.07, 6.45) is 4.17. The number of nitrogens with one attached hydrogen (secondary N) is 2. The van der Waals surface area contributed by atoms with E-state index in [1.54, 1.807) is 11.8 Å². The standard InChI is InChI=1S/C14H25ClN4OS/c1-5-7-16-13-11(21-4)12(15)18-14(19-13)17-8-6-9-20-10(2)3/h10H,5-9H2,1-4H3,(H2,16,17,18,19). The van der Waals surface area contributed by atoms with Crippen molar-refractivity contribution in [2.75, 3.05) is 36.6 Å². The summed E-state index contributed by atoms with van der Waals surface area (Å²) in [4.78, 5) is 9.67. The van der Waals surface area contributed by atoms with Gasteiger partial charge in [0.2, 0.25) is 5.95 Å². The van der Waals surface area contributed by atoms with Gasteiger partial charge in [0.25, 0.3) is 0 Å². The summed E-state index contributed by atoms with van der Waals surface area (Å²) >= 11 is 7.77. The molecule has 1 aromatic heterocycles. The van der Waals surface area contributed by atoms with Gasteiger partial charge in [-0.25, -0.2) is 0 Å². The van der Waals surface area contributed by atoms with Gasteiger partial charge in [-0.3, -0.25) is 0 Å². The van der Waals surface area contributed by atoms with E-state index < -0.39 is 0 Å². The Morgan fingerprint density at radius 2 is 2.00 bits per heavy atom. The molecule has 1 aromatic rings. The Morgan fingerprint density at radius 1 is 1.24 bits per heavy atom. The Labute approximate surface area is 136 Å². The maximum Gasteiger partial charge on any atom is 0.226 e. The second-order valence-electron chi connectivity index (χ2n) is 4.85. The number of thioether (sulfide) groups is 1. The summed E-state index contributed by atoms with van der Waals surface area (Å²) < 4.78 is 5.49. The van der Waals surface area contributed by atoms with Crippen molar-refractivity contribution in [1.82, 2.24) is 9.97 Å². The van der Waals surface area contributed by atoms with Gasteiger partial charge in [0.05, 0.1) is 11.0 Å².